The van der Waals surface area contributed by atoms with Crippen molar-refractivity contribution < 1.29 is 9.90 Å². The molecule has 2 aromatic carbocycles. The van der Waals surface area contributed by atoms with E-state index in [1.807, 2.05) is 0 Å². The number of carboxylic acids is 1. The minimum absolute atomic E-state index is 0.137. The first-order valence-electron chi connectivity index (χ1n) is 5.24. The summed E-state index contributed by atoms with van der Waals surface area (Å²) in [7, 11) is 0. The number of rotatable bonds is 4. The molecule has 0 atom stereocenters. The van der Waals surface area contributed by atoms with E-state index in [0.717, 1.165) is 0 Å². The number of hydrogen-bond acceptors (Lipinski definition) is 4. The highest BCUT2D eigenvalue weighted by molar-refractivity contribution is 5.95. The van der Waals surface area contributed by atoms with E-state index in [1.165, 1.54) is 6.07 Å². The van der Waals surface area contributed by atoms with Crippen LogP contribution in [0.2, 0.25) is 0 Å². The first kappa shape index (κ1) is 11.8. The highest BCUT2D eigenvalue weighted by Gasteiger charge is 2.10. The van der Waals surface area contributed by atoms with E-state index >= 15 is 0 Å². The molecule has 5 nitrogen and oxygen atoms in total. The van der Waals surface area contributed by atoms with Crippen LogP contribution in [0.3, 0.4) is 0 Å². The number of hydrogen-bond donors (Lipinski definition) is 2. The molecule has 0 unspecified atom stereocenters. The van der Waals surface area contributed by atoms with Crippen LogP contribution in [0.5, 0.6) is 0 Å². The Labute approximate surface area is 103 Å². The lowest BCUT2D eigenvalue weighted by Gasteiger charge is -2.10. The van der Waals surface area contributed by atoms with E-state index in [9.17, 15) is 9.70 Å². The predicted octanol–water partition coefficient (Wildman–Crippen LogP) is 3.53. The summed E-state index contributed by atoms with van der Waals surface area (Å²) in [5.41, 5.74) is 1.26. The molecule has 0 spiro atoms. The number of carboxylic acid groups (broad SMARTS) is 1. The number of para-hydroxylation sites is 2. The normalized spacial score (nSPS) is 9.78. The standard InChI is InChI=1S/C13H10N2O3/c16-13(17)9-5-1-2-6-10(9)14-11-7-3-4-8-12(11)15-18/h1-8,14H,(H,16,17). The van der Waals surface area contributed by atoms with Crippen molar-refractivity contribution in [3.63, 3.8) is 0 Å². The van der Waals surface area contributed by atoms with Crippen molar-refractivity contribution in [2.75, 3.05) is 5.32 Å². The maximum Gasteiger partial charge on any atom is 0.337 e. The first-order valence-corrected chi connectivity index (χ1v) is 5.24. The topological polar surface area (TPSA) is 78.8 Å². The number of nitroso groups, excluding NO2 is 1. The van der Waals surface area contributed by atoms with Gasteiger partial charge in [0.25, 0.3) is 0 Å². The summed E-state index contributed by atoms with van der Waals surface area (Å²) in [6.07, 6.45) is 0. The van der Waals surface area contributed by atoms with Gasteiger partial charge in [-0.25, -0.2) is 4.79 Å². The van der Waals surface area contributed by atoms with E-state index in [0.29, 0.717) is 11.4 Å². The fraction of sp³-hybridized carbons (Fsp3) is 0. The Morgan fingerprint density at radius 2 is 1.61 bits per heavy atom. The molecule has 0 aliphatic heterocycles. The zero-order chi connectivity index (χ0) is 13.0. The van der Waals surface area contributed by atoms with Gasteiger partial charge in [0.05, 0.1) is 16.9 Å². The van der Waals surface area contributed by atoms with E-state index in [-0.39, 0.29) is 11.3 Å². The van der Waals surface area contributed by atoms with Gasteiger partial charge in [0.2, 0.25) is 0 Å². The van der Waals surface area contributed by atoms with Crippen LogP contribution in [0.25, 0.3) is 0 Å². The zero-order valence-electron chi connectivity index (χ0n) is 9.33. The molecule has 0 aliphatic rings. The van der Waals surface area contributed by atoms with E-state index < -0.39 is 5.97 Å². The van der Waals surface area contributed by atoms with Gasteiger partial charge in [-0.3, -0.25) is 0 Å². The summed E-state index contributed by atoms with van der Waals surface area (Å²) < 4.78 is 0. The Bertz CT molecular complexity index is 596. The molecule has 0 fully saturated rings. The van der Waals surface area contributed by atoms with Crippen molar-refractivity contribution in [3.05, 3.63) is 59.0 Å². The fourth-order valence-corrected chi connectivity index (χ4v) is 1.58. The number of anilines is 2. The van der Waals surface area contributed by atoms with Crippen LogP contribution < -0.4 is 5.32 Å². The van der Waals surface area contributed by atoms with Crippen LogP contribution in [-0.4, -0.2) is 11.1 Å². The maximum absolute atomic E-state index is 11.0. The Hall–Kier alpha value is -2.69. The molecule has 0 aliphatic carbocycles. The zero-order valence-corrected chi connectivity index (χ0v) is 9.33. The van der Waals surface area contributed by atoms with Gasteiger partial charge >= 0.3 is 5.97 Å². The largest absolute Gasteiger partial charge is 0.478 e. The average Bonchev–Trinajstić information content (AvgIpc) is 2.40. The Morgan fingerprint density at radius 1 is 1.00 bits per heavy atom. The van der Waals surface area contributed by atoms with Gasteiger partial charge < -0.3 is 10.4 Å². The second-order valence-electron chi connectivity index (χ2n) is 3.58. The molecule has 90 valence electrons. The molecule has 0 bridgehead atoms. The third-order valence-corrected chi connectivity index (χ3v) is 2.43. The highest BCUT2D eigenvalue weighted by Crippen LogP contribution is 2.28. The molecule has 2 aromatic rings. The lowest BCUT2D eigenvalue weighted by molar-refractivity contribution is 0.0698. The first-order chi connectivity index (χ1) is 8.72. The van der Waals surface area contributed by atoms with Gasteiger partial charge in [0, 0.05) is 0 Å². The lowest BCUT2D eigenvalue weighted by atomic mass is 10.1. The molecule has 0 saturated heterocycles. The summed E-state index contributed by atoms with van der Waals surface area (Å²) in [4.78, 5) is 21.7. The molecule has 0 saturated carbocycles. The van der Waals surface area contributed by atoms with Crippen molar-refractivity contribution in [3.8, 4) is 0 Å². The monoisotopic (exact) mass is 242 g/mol. The maximum atomic E-state index is 11.0. The molecule has 18 heavy (non-hydrogen) atoms. The molecule has 0 aromatic heterocycles. The number of nitrogens with one attached hydrogen (secondary N) is 1. The van der Waals surface area contributed by atoms with Crippen molar-refractivity contribution >= 4 is 23.0 Å². The minimum atomic E-state index is -1.03. The van der Waals surface area contributed by atoms with Gasteiger partial charge in [-0.1, -0.05) is 24.3 Å². The minimum Gasteiger partial charge on any atom is -0.478 e. The van der Waals surface area contributed by atoms with Crippen LogP contribution in [0.15, 0.2) is 53.7 Å². The molecule has 2 N–H and O–H groups in total. The van der Waals surface area contributed by atoms with Crippen molar-refractivity contribution in [1.82, 2.24) is 0 Å². The van der Waals surface area contributed by atoms with Crippen molar-refractivity contribution in [2.45, 2.75) is 0 Å². The molecule has 0 amide bonds. The number of carbonyl (C=O) groups is 1. The Kier molecular flexibility index (Phi) is 3.33. The third-order valence-electron chi connectivity index (χ3n) is 2.43. The quantitative estimate of drug-likeness (QED) is 0.804. The Morgan fingerprint density at radius 3 is 2.28 bits per heavy atom. The number of benzene rings is 2. The van der Waals surface area contributed by atoms with Crippen molar-refractivity contribution in [2.24, 2.45) is 5.18 Å². The van der Waals surface area contributed by atoms with E-state index in [1.54, 1.807) is 42.5 Å². The van der Waals surface area contributed by atoms with Gasteiger partial charge in [-0.2, -0.15) is 0 Å². The van der Waals surface area contributed by atoms with E-state index in [4.69, 9.17) is 5.11 Å². The van der Waals surface area contributed by atoms with Crippen LogP contribution in [0.1, 0.15) is 10.4 Å². The van der Waals surface area contributed by atoms with Gasteiger partial charge in [0.1, 0.15) is 5.69 Å². The molecule has 5 heteroatoms. The summed E-state index contributed by atoms with van der Waals surface area (Å²) in [6.45, 7) is 0. The number of nitrogens with zero attached hydrogens (tertiary/aromatic N) is 1. The lowest BCUT2D eigenvalue weighted by Crippen LogP contribution is -2.02. The van der Waals surface area contributed by atoms with Gasteiger partial charge in [-0.15, -0.1) is 4.91 Å². The van der Waals surface area contributed by atoms with Crippen LogP contribution in [0, 0.1) is 4.91 Å². The van der Waals surface area contributed by atoms with Gasteiger partial charge in [0.15, 0.2) is 0 Å². The van der Waals surface area contributed by atoms with Crippen LogP contribution in [-0.2, 0) is 0 Å². The predicted molar refractivity (Wildman–Crippen MR) is 68.6 cm³/mol. The second kappa shape index (κ2) is 5.09. The summed E-state index contributed by atoms with van der Waals surface area (Å²) >= 11 is 0. The summed E-state index contributed by atoms with van der Waals surface area (Å²) in [6, 6.07) is 13.1. The summed E-state index contributed by atoms with van der Waals surface area (Å²) in [5, 5.41) is 14.8. The molecular weight excluding hydrogens is 232 g/mol. The Balaban J connectivity index is 2.40. The molecule has 0 heterocycles. The highest BCUT2D eigenvalue weighted by atomic mass is 16.4. The van der Waals surface area contributed by atoms with E-state index in [2.05, 4.69) is 10.5 Å². The van der Waals surface area contributed by atoms with Crippen LogP contribution >= 0.6 is 0 Å². The molecule has 0 radical (unpaired) electrons. The average molecular weight is 242 g/mol. The van der Waals surface area contributed by atoms with Gasteiger partial charge in [-0.05, 0) is 29.4 Å². The molecular formula is C13H10N2O3. The second-order valence-corrected chi connectivity index (χ2v) is 3.58. The number of aromatic carboxylic acids is 1. The van der Waals surface area contributed by atoms with Crippen LogP contribution in [0.4, 0.5) is 17.1 Å². The summed E-state index contributed by atoms with van der Waals surface area (Å²) in [5.74, 6) is -1.03. The third kappa shape index (κ3) is 2.35. The van der Waals surface area contributed by atoms with Crippen molar-refractivity contribution in [1.29, 1.82) is 0 Å². The molecule has 2 rings (SSSR count). The SMILES string of the molecule is O=Nc1ccccc1Nc1ccccc1C(=O)O. The fourth-order valence-electron chi connectivity index (χ4n) is 1.58. The smallest absolute Gasteiger partial charge is 0.337 e.